The third kappa shape index (κ3) is 3.20. The van der Waals surface area contributed by atoms with E-state index in [-0.39, 0.29) is 5.91 Å². The van der Waals surface area contributed by atoms with Gasteiger partial charge in [0.15, 0.2) is 0 Å². The van der Waals surface area contributed by atoms with E-state index < -0.39 is 0 Å². The maximum Gasteiger partial charge on any atom is 0.254 e. The normalized spacial score (nSPS) is 15.3. The van der Waals surface area contributed by atoms with Crippen LogP contribution >= 0.6 is 0 Å². The predicted octanol–water partition coefficient (Wildman–Crippen LogP) is 4.10. The number of aromatic nitrogens is 2. The number of likely N-dealkylation sites (tertiary alicyclic amines) is 1. The molecular weight excluding hydrogens is 310 g/mol. The van der Waals surface area contributed by atoms with Crippen molar-refractivity contribution in [1.29, 1.82) is 0 Å². The number of H-pyrrole nitrogens is 1. The minimum Gasteiger partial charge on any atom is -0.348 e. The Hall–Kier alpha value is -2.88. The lowest BCUT2D eigenvalue weighted by atomic mass is 9.94. The predicted molar refractivity (Wildman–Crippen MR) is 98.3 cm³/mol. The Kier molecular flexibility index (Phi) is 4.34. The van der Waals surface area contributed by atoms with Gasteiger partial charge < -0.3 is 9.88 Å². The van der Waals surface area contributed by atoms with Crippen LogP contribution in [0.4, 0.5) is 0 Å². The molecule has 1 saturated heterocycles. The smallest absolute Gasteiger partial charge is 0.254 e. The summed E-state index contributed by atoms with van der Waals surface area (Å²) in [4.78, 5) is 22.6. The van der Waals surface area contributed by atoms with Crippen molar-refractivity contribution in [2.45, 2.75) is 18.8 Å². The minimum absolute atomic E-state index is 0.123. The van der Waals surface area contributed by atoms with E-state index in [1.807, 2.05) is 53.6 Å². The Morgan fingerprint density at radius 3 is 2.44 bits per heavy atom. The van der Waals surface area contributed by atoms with Crippen LogP contribution in [0.1, 0.15) is 34.9 Å². The zero-order chi connectivity index (χ0) is 17.1. The molecule has 2 heterocycles. The highest BCUT2D eigenvalue weighted by molar-refractivity contribution is 6.00. The molecule has 1 aliphatic heterocycles. The first-order valence-corrected chi connectivity index (χ1v) is 8.76. The van der Waals surface area contributed by atoms with E-state index in [0.717, 1.165) is 48.4 Å². The molecule has 1 aromatic heterocycles. The maximum absolute atomic E-state index is 13.1. The van der Waals surface area contributed by atoms with Gasteiger partial charge in [-0.3, -0.25) is 4.79 Å². The summed E-state index contributed by atoms with van der Waals surface area (Å²) < 4.78 is 0. The first-order chi connectivity index (χ1) is 12.3. The first kappa shape index (κ1) is 15.6. The van der Waals surface area contributed by atoms with Crippen LogP contribution in [0.15, 0.2) is 67.0 Å². The van der Waals surface area contributed by atoms with Gasteiger partial charge in [0, 0.05) is 37.0 Å². The van der Waals surface area contributed by atoms with Gasteiger partial charge in [-0.25, -0.2) is 4.98 Å². The van der Waals surface area contributed by atoms with Crippen LogP contribution in [0.25, 0.3) is 11.1 Å². The van der Waals surface area contributed by atoms with Gasteiger partial charge in [-0.2, -0.15) is 0 Å². The molecule has 25 heavy (non-hydrogen) atoms. The second-order valence-electron chi connectivity index (χ2n) is 6.45. The molecule has 0 saturated carbocycles. The highest BCUT2D eigenvalue weighted by Crippen LogP contribution is 2.29. The van der Waals surface area contributed by atoms with E-state index >= 15 is 0 Å². The molecule has 1 amide bonds. The summed E-state index contributed by atoms with van der Waals surface area (Å²) in [6.45, 7) is 1.54. The summed E-state index contributed by atoms with van der Waals surface area (Å²) in [5, 5.41) is 0. The summed E-state index contributed by atoms with van der Waals surface area (Å²) >= 11 is 0. The van der Waals surface area contributed by atoms with E-state index in [1.165, 1.54) is 0 Å². The Balaban J connectivity index is 1.53. The second kappa shape index (κ2) is 6.93. The van der Waals surface area contributed by atoms with Crippen molar-refractivity contribution < 1.29 is 4.79 Å². The molecule has 4 rings (SSSR count). The molecule has 1 aliphatic rings. The van der Waals surface area contributed by atoms with Gasteiger partial charge in [0.2, 0.25) is 0 Å². The topological polar surface area (TPSA) is 49.0 Å². The Morgan fingerprint density at radius 2 is 1.72 bits per heavy atom. The zero-order valence-electron chi connectivity index (χ0n) is 14.1. The Morgan fingerprint density at radius 1 is 1.00 bits per heavy atom. The molecule has 0 bridgehead atoms. The van der Waals surface area contributed by atoms with Crippen molar-refractivity contribution in [1.82, 2.24) is 14.9 Å². The van der Waals surface area contributed by atoms with E-state index in [4.69, 9.17) is 0 Å². The van der Waals surface area contributed by atoms with E-state index in [1.54, 1.807) is 6.20 Å². The molecule has 1 fully saturated rings. The van der Waals surface area contributed by atoms with Crippen LogP contribution < -0.4 is 0 Å². The fourth-order valence-electron chi connectivity index (χ4n) is 3.57. The monoisotopic (exact) mass is 331 g/mol. The summed E-state index contributed by atoms with van der Waals surface area (Å²) in [5.41, 5.74) is 2.86. The number of carbonyl (C=O) groups is 1. The van der Waals surface area contributed by atoms with E-state index in [0.29, 0.717) is 5.92 Å². The van der Waals surface area contributed by atoms with Gasteiger partial charge in [-0.15, -0.1) is 0 Å². The van der Waals surface area contributed by atoms with Gasteiger partial charge in [-0.1, -0.05) is 48.5 Å². The third-order valence-corrected chi connectivity index (χ3v) is 4.93. The molecule has 1 N–H and O–H groups in total. The number of carbonyl (C=O) groups excluding carboxylic acids is 1. The van der Waals surface area contributed by atoms with Gasteiger partial charge in [-0.05, 0) is 30.0 Å². The van der Waals surface area contributed by atoms with Crippen LogP contribution in [0.2, 0.25) is 0 Å². The van der Waals surface area contributed by atoms with Crippen molar-refractivity contribution >= 4 is 5.91 Å². The first-order valence-electron chi connectivity index (χ1n) is 8.76. The standard InChI is InChI=1S/C21H21N3O/c25-21(24-14-10-17(11-15-24)20-22-12-13-23-20)19-9-5-4-8-18(19)16-6-2-1-3-7-16/h1-9,12-13,17H,10-11,14-15H2,(H,22,23). The quantitative estimate of drug-likeness (QED) is 0.785. The van der Waals surface area contributed by atoms with Gasteiger partial charge >= 0.3 is 0 Å². The second-order valence-corrected chi connectivity index (χ2v) is 6.45. The molecule has 0 unspecified atom stereocenters. The number of nitrogens with one attached hydrogen (secondary N) is 1. The summed E-state index contributed by atoms with van der Waals surface area (Å²) in [7, 11) is 0. The Bertz CT molecular complexity index is 835. The molecular formula is C21H21N3O. The summed E-state index contributed by atoms with van der Waals surface area (Å²) in [6, 6.07) is 18.0. The van der Waals surface area contributed by atoms with Gasteiger partial charge in [0.25, 0.3) is 5.91 Å². The third-order valence-electron chi connectivity index (χ3n) is 4.93. The van der Waals surface area contributed by atoms with Crippen molar-refractivity contribution in [3.05, 3.63) is 78.4 Å². The molecule has 0 spiro atoms. The van der Waals surface area contributed by atoms with Crippen LogP contribution in [0.5, 0.6) is 0 Å². The minimum atomic E-state index is 0.123. The van der Waals surface area contributed by atoms with Gasteiger partial charge in [0.05, 0.1) is 0 Å². The number of piperidine rings is 1. The molecule has 0 aliphatic carbocycles. The molecule has 4 heteroatoms. The lowest BCUT2D eigenvalue weighted by molar-refractivity contribution is 0.0712. The maximum atomic E-state index is 13.1. The molecule has 2 aromatic carbocycles. The molecule has 0 radical (unpaired) electrons. The fourth-order valence-corrected chi connectivity index (χ4v) is 3.57. The van der Waals surface area contributed by atoms with Crippen LogP contribution in [-0.4, -0.2) is 33.9 Å². The highest BCUT2D eigenvalue weighted by Gasteiger charge is 2.26. The van der Waals surface area contributed by atoms with Crippen LogP contribution in [-0.2, 0) is 0 Å². The SMILES string of the molecule is O=C(c1ccccc1-c1ccccc1)N1CCC(c2ncc[nH]2)CC1. The molecule has 126 valence electrons. The average Bonchev–Trinajstić information content (AvgIpc) is 3.23. The number of amides is 1. The van der Waals surface area contributed by atoms with Crippen molar-refractivity contribution in [3.63, 3.8) is 0 Å². The van der Waals surface area contributed by atoms with E-state index in [9.17, 15) is 4.79 Å². The number of nitrogens with zero attached hydrogens (tertiary/aromatic N) is 2. The van der Waals surface area contributed by atoms with E-state index in [2.05, 4.69) is 22.1 Å². The van der Waals surface area contributed by atoms with Crippen LogP contribution in [0, 0.1) is 0 Å². The van der Waals surface area contributed by atoms with Crippen molar-refractivity contribution in [2.75, 3.05) is 13.1 Å². The number of hydrogen-bond acceptors (Lipinski definition) is 2. The Labute approximate surface area is 147 Å². The van der Waals surface area contributed by atoms with Crippen molar-refractivity contribution in [3.8, 4) is 11.1 Å². The number of imidazole rings is 1. The highest BCUT2D eigenvalue weighted by atomic mass is 16.2. The average molecular weight is 331 g/mol. The van der Waals surface area contributed by atoms with Crippen LogP contribution in [0.3, 0.4) is 0 Å². The summed E-state index contributed by atoms with van der Waals surface area (Å²) in [6.07, 6.45) is 5.56. The number of rotatable bonds is 3. The zero-order valence-corrected chi connectivity index (χ0v) is 14.1. The van der Waals surface area contributed by atoms with Crippen molar-refractivity contribution in [2.24, 2.45) is 0 Å². The molecule has 3 aromatic rings. The number of aromatic amines is 1. The summed E-state index contributed by atoms with van der Waals surface area (Å²) in [5.74, 6) is 1.58. The lowest BCUT2D eigenvalue weighted by Gasteiger charge is -2.31. The fraction of sp³-hybridized carbons (Fsp3) is 0.238. The molecule has 0 atom stereocenters. The largest absolute Gasteiger partial charge is 0.348 e. The number of benzene rings is 2. The number of hydrogen-bond donors (Lipinski definition) is 1. The van der Waals surface area contributed by atoms with Gasteiger partial charge in [0.1, 0.15) is 5.82 Å². The lowest BCUT2D eigenvalue weighted by Crippen LogP contribution is -2.38. The molecule has 4 nitrogen and oxygen atoms in total.